The summed E-state index contributed by atoms with van der Waals surface area (Å²) in [5, 5.41) is 0. The van der Waals surface area contributed by atoms with Gasteiger partial charge in [0.25, 0.3) is 0 Å². The third kappa shape index (κ3) is 5.21. The molecule has 29 heavy (non-hydrogen) atoms. The SMILES string of the molecule is CCCCC(CC)CC1(CC(CC)CCCC)c2cc(Br)sc2-c2s[si](Br)cc21. The van der Waals surface area contributed by atoms with Crippen molar-refractivity contribution in [1.82, 2.24) is 0 Å². The van der Waals surface area contributed by atoms with Gasteiger partial charge >= 0.3 is 0 Å². The van der Waals surface area contributed by atoms with Crippen molar-refractivity contribution in [1.29, 1.82) is 0 Å². The molecule has 0 N–H and O–H groups in total. The first kappa shape index (κ1) is 24.4. The molecule has 0 saturated heterocycles. The second-order valence-corrected chi connectivity index (χ2v) is 18.9. The highest BCUT2D eigenvalue weighted by Gasteiger charge is 2.47. The number of hydrogen-bond donors (Lipinski definition) is 0. The van der Waals surface area contributed by atoms with Gasteiger partial charge in [-0.25, -0.2) is 0 Å². The van der Waals surface area contributed by atoms with E-state index >= 15 is 0 Å². The molecule has 162 valence electrons. The van der Waals surface area contributed by atoms with Gasteiger partial charge in [0.15, 0.2) is 6.14 Å². The summed E-state index contributed by atoms with van der Waals surface area (Å²) in [5.74, 6) is 1.67. The van der Waals surface area contributed by atoms with E-state index in [2.05, 4.69) is 81.4 Å². The average Bonchev–Trinajstić information content (AvgIpc) is 3.34. The first-order valence-corrected chi connectivity index (χ1v) is 18.6. The van der Waals surface area contributed by atoms with Crippen LogP contribution in [0.2, 0.25) is 0 Å². The molecule has 0 saturated carbocycles. The van der Waals surface area contributed by atoms with Crippen LogP contribution in [0.15, 0.2) is 15.5 Å². The molecule has 3 rings (SSSR count). The van der Waals surface area contributed by atoms with E-state index in [1.54, 1.807) is 20.9 Å². The maximum atomic E-state index is 4.02. The van der Waals surface area contributed by atoms with Crippen LogP contribution in [0, 0.1) is 11.8 Å². The highest BCUT2D eigenvalue weighted by atomic mass is 79.9. The summed E-state index contributed by atoms with van der Waals surface area (Å²) in [7, 11) is 2.13. The van der Waals surface area contributed by atoms with Crippen LogP contribution in [-0.2, 0) is 5.41 Å². The van der Waals surface area contributed by atoms with Gasteiger partial charge in [-0.15, -0.1) is 11.3 Å². The second-order valence-electron chi connectivity index (χ2n) is 8.91. The highest BCUT2D eigenvalue weighted by Crippen LogP contribution is 2.60. The van der Waals surface area contributed by atoms with Gasteiger partial charge in [0.05, 0.1) is 3.79 Å². The van der Waals surface area contributed by atoms with E-state index < -0.39 is 6.14 Å². The topological polar surface area (TPSA) is 0 Å². The Hall–Kier alpha value is 0.707. The van der Waals surface area contributed by atoms with Crippen LogP contribution in [0.1, 0.15) is 103 Å². The lowest BCUT2D eigenvalue weighted by molar-refractivity contribution is 0.266. The van der Waals surface area contributed by atoms with Gasteiger partial charge in [0, 0.05) is 15.2 Å². The minimum atomic E-state index is -0.613. The van der Waals surface area contributed by atoms with Gasteiger partial charge in [-0.3, -0.25) is 0 Å². The van der Waals surface area contributed by atoms with Crippen LogP contribution in [0.5, 0.6) is 0 Å². The largest absolute Gasteiger partial charge is 0.187 e. The average molecular weight is 577 g/mol. The van der Waals surface area contributed by atoms with Crippen molar-refractivity contribution in [2.75, 3.05) is 0 Å². The first-order chi connectivity index (χ1) is 14.0. The molecule has 0 radical (unpaired) electrons. The van der Waals surface area contributed by atoms with E-state index in [1.165, 1.54) is 68.0 Å². The maximum absolute atomic E-state index is 4.02. The van der Waals surface area contributed by atoms with E-state index in [-0.39, 0.29) is 5.41 Å². The Kier molecular flexibility index (Phi) is 9.26. The van der Waals surface area contributed by atoms with E-state index in [4.69, 9.17) is 0 Å². The molecule has 2 atom stereocenters. The van der Waals surface area contributed by atoms with Crippen molar-refractivity contribution in [3.8, 4) is 9.75 Å². The molecule has 2 heterocycles. The molecule has 1 aliphatic rings. The summed E-state index contributed by atoms with van der Waals surface area (Å²) in [6, 6.07) is 2.49. The molecule has 2 unspecified atom stereocenters. The molecule has 1 aliphatic carbocycles. The van der Waals surface area contributed by atoms with Gasteiger partial charge in [0.2, 0.25) is 0 Å². The van der Waals surface area contributed by atoms with Crippen LogP contribution < -0.4 is 0 Å². The Morgan fingerprint density at radius 2 is 1.52 bits per heavy atom. The Bertz CT molecular complexity index is 729. The zero-order valence-corrected chi connectivity index (χ0v) is 24.3. The maximum Gasteiger partial charge on any atom is 0.187 e. The number of thiophene rings is 1. The van der Waals surface area contributed by atoms with Crippen molar-refractivity contribution >= 4 is 59.5 Å². The van der Waals surface area contributed by atoms with E-state index in [0.29, 0.717) is 0 Å². The lowest BCUT2D eigenvalue weighted by Gasteiger charge is -2.37. The minimum absolute atomic E-state index is 0.253. The molecule has 0 aromatic carbocycles. The lowest BCUT2D eigenvalue weighted by atomic mass is 9.66. The molecular formula is C24H36Br2S2Si. The number of rotatable bonds is 12. The normalized spacial score (nSPS) is 19.9. The number of hydrogen-bond acceptors (Lipinski definition) is 2. The fourth-order valence-electron chi connectivity index (χ4n) is 5.31. The van der Waals surface area contributed by atoms with Gasteiger partial charge in [-0.1, -0.05) is 100 Å². The van der Waals surface area contributed by atoms with Crippen LogP contribution in [0.4, 0.5) is 0 Å². The van der Waals surface area contributed by atoms with Crippen molar-refractivity contribution in [3.05, 3.63) is 26.7 Å². The summed E-state index contributed by atoms with van der Waals surface area (Å²) < 4.78 is 1.32. The standard InChI is InChI=1S/C24H36Br2S2Si/c1-5-9-11-17(7-3)14-24(15-18(8-4)12-10-6-2)19-13-21(25)27-22(19)23-20(24)16-29(26)28-23/h13,16-18H,5-12,14-15H2,1-4H3. The molecule has 5 heteroatoms. The second kappa shape index (κ2) is 11.0. The fourth-order valence-corrected chi connectivity index (χ4v) is 12.9. The Labute approximate surface area is 203 Å². The molecule has 2 aromatic heterocycles. The zero-order chi connectivity index (χ0) is 21.0. The Morgan fingerprint density at radius 1 is 0.931 bits per heavy atom. The Morgan fingerprint density at radius 3 is 2.03 bits per heavy atom. The molecule has 2 aromatic rings. The third-order valence-electron chi connectivity index (χ3n) is 7.00. The monoisotopic (exact) mass is 574 g/mol. The highest BCUT2D eigenvalue weighted by molar-refractivity contribution is 9.25. The van der Waals surface area contributed by atoms with E-state index in [1.807, 2.05) is 11.3 Å². The number of unbranched alkanes of at least 4 members (excludes halogenated alkanes) is 2. The summed E-state index contributed by atoms with van der Waals surface area (Å²) >= 11 is 9.84. The van der Waals surface area contributed by atoms with Gasteiger partial charge in [0.1, 0.15) is 0 Å². The van der Waals surface area contributed by atoms with E-state index in [0.717, 1.165) is 11.8 Å². The third-order valence-corrected chi connectivity index (χ3v) is 13.8. The summed E-state index contributed by atoms with van der Waals surface area (Å²) in [6.07, 6.45) is 12.9. The van der Waals surface area contributed by atoms with Crippen molar-refractivity contribution in [3.63, 3.8) is 0 Å². The molecule has 0 bridgehead atoms. The van der Waals surface area contributed by atoms with Crippen molar-refractivity contribution in [2.24, 2.45) is 11.8 Å². The predicted octanol–water partition coefficient (Wildman–Crippen LogP) is 10.2. The molecule has 0 amide bonds. The van der Waals surface area contributed by atoms with Gasteiger partial charge in [-0.2, -0.15) is 10.8 Å². The molecule has 0 spiro atoms. The van der Waals surface area contributed by atoms with Crippen molar-refractivity contribution in [2.45, 2.75) is 97.3 Å². The zero-order valence-electron chi connectivity index (χ0n) is 18.5. The van der Waals surface area contributed by atoms with Crippen LogP contribution >= 0.6 is 53.3 Å². The van der Waals surface area contributed by atoms with Crippen LogP contribution in [0.3, 0.4) is 0 Å². The van der Waals surface area contributed by atoms with Crippen LogP contribution in [-0.4, -0.2) is 6.14 Å². The molecule has 0 nitrogen and oxygen atoms in total. The Balaban J connectivity index is 2.06. The predicted molar refractivity (Wildman–Crippen MR) is 142 cm³/mol. The smallest absolute Gasteiger partial charge is 0.163 e. The van der Waals surface area contributed by atoms with Crippen molar-refractivity contribution < 1.29 is 0 Å². The molecule has 0 aliphatic heterocycles. The first-order valence-electron chi connectivity index (χ1n) is 11.6. The van der Waals surface area contributed by atoms with E-state index in [9.17, 15) is 0 Å². The van der Waals surface area contributed by atoms with Crippen LogP contribution in [0.25, 0.3) is 9.75 Å². The number of fused-ring (bicyclic) bond motifs is 3. The fraction of sp³-hybridized carbons (Fsp3) is 0.708. The summed E-state index contributed by atoms with van der Waals surface area (Å²) in [5.41, 5.74) is 6.29. The number of halogens is 2. The lowest BCUT2D eigenvalue weighted by Crippen LogP contribution is -2.31. The molecule has 0 fully saturated rings. The summed E-state index contributed by atoms with van der Waals surface area (Å²) in [6.45, 7) is 9.52. The minimum Gasteiger partial charge on any atom is -0.163 e. The van der Waals surface area contributed by atoms with Gasteiger partial charge in [-0.05, 0) is 57.8 Å². The summed E-state index contributed by atoms with van der Waals surface area (Å²) in [4.78, 5) is 3.21. The molecular weight excluding hydrogens is 540 g/mol. The van der Waals surface area contributed by atoms with Gasteiger partial charge < -0.3 is 0 Å². The quantitative estimate of drug-likeness (QED) is 0.174.